The van der Waals surface area contributed by atoms with Gasteiger partial charge in [0.15, 0.2) is 0 Å². The van der Waals surface area contributed by atoms with E-state index in [9.17, 15) is 14.9 Å². The third-order valence-corrected chi connectivity index (χ3v) is 5.32. The van der Waals surface area contributed by atoms with E-state index in [0.29, 0.717) is 0 Å². The highest BCUT2D eigenvalue weighted by molar-refractivity contribution is 5.84. The van der Waals surface area contributed by atoms with Crippen molar-refractivity contribution < 1.29 is 14.5 Å². The quantitative estimate of drug-likeness (QED) is 0.195. The van der Waals surface area contributed by atoms with Crippen LogP contribution in [0, 0.1) is 16.0 Å². The van der Waals surface area contributed by atoms with Crippen molar-refractivity contribution in [1.29, 1.82) is 0 Å². The van der Waals surface area contributed by atoms with Crippen molar-refractivity contribution >= 4 is 11.7 Å². The molecule has 5 nitrogen and oxygen atoms in total. The Bertz CT molecular complexity index is 1000. The van der Waals surface area contributed by atoms with Crippen LogP contribution in [0.1, 0.15) is 17.5 Å². The molecule has 0 unspecified atom stereocenters. The third-order valence-electron chi connectivity index (χ3n) is 5.32. The Hall–Kier alpha value is -3.73. The maximum atomic E-state index is 12.2. The molecular weight excluding hydrogens is 366 g/mol. The van der Waals surface area contributed by atoms with Crippen molar-refractivity contribution in [3.63, 3.8) is 0 Å². The Morgan fingerprint density at radius 3 is 2.00 bits per heavy atom. The molecule has 0 bridgehead atoms. The van der Waals surface area contributed by atoms with Gasteiger partial charge in [0.1, 0.15) is 5.75 Å². The second kappa shape index (κ2) is 7.72. The number of carbonyl (C=O) groups excluding carboxylic acids is 1. The molecule has 1 aliphatic carbocycles. The van der Waals surface area contributed by atoms with Crippen molar-refractivity contribution in [3.05, 3.63) is 118 Å². The summed E-state index contributed by atoms with van der Waals surface area (Å²) < 4.78 is 5.26. The number of benzene rings is 3. The van der Waals surface area contributed by atoms with Crippen LogP contribution in [0.25, 0.3) is 0 Å². The molecule has 5 heteroatoms. The zero-order chi connectivity index (χ0) is 20.3. The normalized spacial score (nSPS) is 17.0. The first-order valence-corrected chi connectivity index (χ1v) is 9.35. The summed E-state index contributed by atoms with van der Waals surface area (Å²) in [5, 5.41) is 10.7. The molecule has 1 aliphatic rings. The van der Waals surface area contributed by atoms with Crippen LogP contribution in [-0.4, -0.2) is 10.9 Å². The number of esters is 1. The summed E-state index contributed by atoms with van der Waals surface area (Å²) in [4.78, 5) is 22.4. The van der Waals surface area contributed by atoms with Gasteiger partial charge >= 0.3 is 5.97 Å². The number of ether oxygens (including phenoxy) is 1. The second-order valence-electron chi connectivity index (χ2n) is 7.05. The van der Waals surface area contributed by atoms with Gasteiger partial charge in [0.2, 0.25) is 0 Å². The van der Waals surface area contributed by atoms with Crippen LogP contribution < -0.4 is 4.74 Å². The van der Waals surface area contributed by atoms with Gasteiger partial charge in [-0.1, -0.05) is 66.7 Å². The second-order valence-corrected chi connectivity index (χ2v) is 7.05. The number of rotatable bonds is 6. The van der Waals surface area contributed by atoms with Crippen LogP contribution in [0.4, 0.5) is 5.69 Å². The first-order valence-electron chi connectivity index (χ1n) is 9.35. The van der Waals surface area contributed by atoms with Crippen LogP contribution in [0.15, 0.2) is 97.1 Å². The van der Waals surface area contributed by atoms with Gasteiger partial charge in [-0.05, 0) is 35.6 Å². The maximum Gasteiger partial charge on any atom is 0.335 e. The average Bonchev–Trinajstić information content (AvgIpc) is 3.50. The van der Waals surface area contributed by atoms with E-state index >= 15 is 0 Å². The van der Waals surface area contributed by atoms with Gasteiger partial charge in [-0.2, -0.15) is 0 Å². The lowest BCUT2D eigenvalue weighted by atomic mass is 9.85. The fourth-order valence-corrected chi connectivity index (χ4v) is 3.80. The summed E-state index contributed by atoms with van der Waals surface area (Å²) in [6.45, 7) is 0. The van der Waals surface area contributed by atoms with Crippen LogP contribution in [0.5, 0.6) is 5.75 Å². The Kier molecular flexibility index (Phi) is 4.96. The number of nitro groups is 1. The van der Waals surface area contributed by atoms with E-state index in [2.05, 4.69) is 24.3 Å². The molecule has 4 rings (SSSR count). The fraction of sp³-hybridized carbons (Fsp3) is 0.125. The van der Waals surface area contributed by atoms with E-state index in [-0.39, 0.29) is 22.8 Å². The van der Waals surface area contributed by atoms with Crippen LogP contribution in [0.3, 0.4) is 0 Å². The van der Waals surface area contributed by atoms with Gasteiger partial charge in [0.05, 0.1) is 4.92 Å². The van der Waals surface area contributed by atoms with Crippen LogP contribution in [0.2, 0.25) is 0 Å². The zero-order valence-corrected chi connectivity index (χ0v) is 15.6. The molecule has 29 heavy (non-hydrogen) atoms. The molecule has 3 aromatic rings. The largest absolute Gasteiger partial charge is 0.423 e. The zero-order valence-electron chi connectivity index (χ0n) is 15.6. The minimum Gasteiger partial charge on any atom is -0.423 e. The predicted octanol–water partition coefficient (Wildman–Crippen LogP) is 5.06. The van der Waals surface area contributed by atoms with E-state index in [1.165, 1.54) is 41.5 Å². The van der Waals surface area contributed by atoms with Gasteiger partial charge in [0, 0.05) is 23.6 Å². The molecule has 144 valence electrons. The van der Waals surface area contributed by atoms with Crippen molar-refractivity contribution in [2.75, 3.05) is 0 Å². The standard InChI is InChI=1S/C24H19NO4/c26-23(29-22-14-12-21(13-15-22)25(27)28)16-11-20-17-24(20,18-7-3-1-4-8-18)19-9-5-2-6-10-19/h1-16,20H,17H2/b16-11-/t20-/m0/s1. The van der Waals surface area contributed by atoms with E-state index in [4.69, 9.17) is 4.74 Å². The number of nitrogens with zero attached hydrogens (tertiary/aromatic N) is 1. The third kappa shape index (κ3) is 3.80. The molecule has 0 radical (unpaired) electrons. The first kappa shape index (κ1) is 18.6. The summed E-state index contributed by atoms with van der Waals surface area (Å²) in [6, 6.07) is 26.0. The highest BCUT2D eigenvalue weighted by Gasteiger charge is 2.54. The molecular formula is C24H19NO4. The van der Waals surface area contributed by atoms with E-state index in [1.807, 2.05) is 42.5 Å². The first-order chi connectivity index (χ1) is 14.1. The number of hydrogen-bond donors (Lipinski definition) is 0. The maximum absolute atomic E-state index is 12.2. The molecule has 0 amide bonds. The van der Waals surface area contributed by atoms with Gasteiger partial charge in [0.25, 0.3) is 5.69 Å². The molecule has 0 heterocycles. The van der Waals surface area contributed by atoms with Crippen LogP contribution >= 0.6 is 0 Å². The lowest BCUT2D eigenvalue weighted by Gasteiger charge is -2.18. The number of non-ortho nitro benzene ring substituents is 1. The van der Waals surface area contributed by atoms with Gasteiger partial charge in [-0.25, -0.2) is 4.79 Å². The molecule has 1 saturated carbocycles. The SMILES string of the molecule is O=C(/C=C\[C@H]1CC1(c1ccccc1)c1ccccc1)Oc1ccc([N+](=O)[O-])cc1. The van der Waals surface area contributed by atoms with Crippen molar-refractivity contribution in [3.8, 4) is 5.75 Å². The Morgan fingerprint density at radius 1 is 0.931 bits per heavy atom. The fourth-order valence-electron chi connectivity index (χ4n) is 3.80. The molecule has 0 spiro atoms. The summed E-state index contributed by atoms with van der Waals surface area (Å²) in [7, 11) is 0. The molecule has 3 aromatic carbocycles. The topological polar surface area (TPSA) is 69.4 Å². The van der Waals surface area contributed by atoms with E-state index in [0.717, 1.165) is 6.42 Å². The Balaban J connectivity index is 1.49. The molecule has 1 atom stereocenters. The molecule has 1 fully saturated rings. The van der Waals surface area contributed by atoms with E-state index in [1.54, 1.807) is 0 Å². The number of carbonyl (C=O) groups is 1. The van der Waals surface area contributed by atoms with Crippen molar-refractivity contribution in [1.82, 2.24) is 0 Å². The molecule has 0 N–H and O–H groups in total. The lowest BCUT2D eigenvalue weighted by molar-refractivity contribution is -0.384. The van der Waals surface area contributed by atoms with Crippen LogP contribution in [-0.2, 0) is 10.2 Å². The van der Waals surface area contributed by atoms with Gasteiger partial charge in [-0.15, -0.1) is 0 Å². The van der Waals surface area contributed by atoms with Gasteiger partial charge in [-0.3, -0.25) is 10.1 Å². The number of allylic oxidation sites excluding steroid dienone is 1. The predicted molar refractivity (Wildman–Crippen MR) is 110 cm³/mol. The summed E-state index contributed by atoms with van der Waals surface area (Å²) >= 11 is 0. The molecule has 0 saturated heterocycles. The summed E-state index contributed by atoms with van der Waals surface area (Å²) in [5.74, 6) is -0.0316. The number of nitro benzene ring substituents is 1. The average molecular weight is 385 g/mol. The molecule has 0 aromatic heterocycles. The molecule has 0 aliphatic heterocycles. The summed E-state index contributed by atoms with van der Waals surface area (Å²) in [5.41, 5.74) is 2.27. The highest BCUT2D eigenvalue weighted by atomic mass is 16.6. The minimum absolute atomic E-state index is 0.0474. The Labute approximate surface area is 168 Å². The summed E-state index contributed by atoms with van der Waals surface area (Å²) in [6.07, 6.45) is 4.26. The van der Waals surface area contributed by atoms with Crippen molar-refractivity contribution in [2.45, 2.75) is 11.8 Å². The monoisotopic (exact) mass is 385 g/mol. The smallest absolute Gasteiger partial charge is 0.335 e. The van der Waals surface area contributed by atoms with Crippen molar-refractivity contribution in [2.24, 2.45) is 5.92 Å². The van der Waals surface area contributed by atoms with E-state index < -0.39 is 10.9 Å². The highest BCUT2D eigenvalue weighted by Crippen LogP contribution is 2.59. The lowest BCUT2D eigenvalue weighted by Crippen LogP contribution is -2.12. The number of hydrogen-bond acceptors (Lipinski definition) is 4. The van der Waals surface area contributed by atoms with Gasteiger partial charge < -0.3 is 4.74 Å². The minimum atomic E-state index is -0.499. The Morgan fingerprint density at radius 2 is 1.48 bits per heavy atom.